The van der Waals surface area contributed by atoms with E-state index >= 15 is 0 Å². The lowest BCUT2D eigenvalue weighted by atomic mass is 9.93. The molecule has 0 aliphatic rings. The summed E-state index contributed by atoms with van der Waals surface area (Å²) in [6.45, 7) is 0. The first-order valence-corrected chi connectivity index (χ1v) is 17.4. The number of nitrogens with zero attached hydrogens (tertiary/aromatic N) is 1. The lowest BCUT2D eigenvalue weighted by molar-refractivity contribution is 0.670. The molecule has 8 aromatic carbocycles. The van der Waals surface area contributed by atoms with Crippen LogP contribution in [0.1, 0.15) is 0 Å². The number of furan rings is 1. The monoisotopic (exact) mass is 643 g/mol. The predicted molar refractivity (Wildman–Crippen MR) is 210 cm³/mol. The van der Waals surface area contributed by atoms with Crippen molar-refractivity contribution >= 4 is 81.3 Å². The second kappa shape index (κ2) is 11.2. The maximum Gasteiger partial charge on any atom is 0.143 e. The highest BCUT2D eigenvalue weighted by Crippen LogP contribution is 2.48. The summed E-state index contributed by atoms with van der Waals surface area (Å²) in [5.41, 5.74) is 9.98. The van der Waals surface area contributed by atoms with Crippen molar-refractivity contribution in [3.63, 3.8) is 0 Å². The van der Waals surface area contributed by atoms with Gasteiger partial charge in [0.1, 0.15) is 11.2 Å². The van der Waals surface area contributed by atoms with Gasteiger partial charge in [-0.15, -0.1) is 11.3 Å². The Labute approximate surface area is 287 Å². The van der Waals surface area contributed by atoms with Crippen molar-refractivity contribution in [1.82, 2.24) is 0 Å². The van der Waals surface area contributed by atoms with Gasteiger partial charge in [0.05, 0.1) is 5.69 Å². The fraction of sp³-hybridized carbons (Fsp3) is 0. The van der Waals surface area contributed by atoms with Crippen molar-refractivity contribution in [2.24, 2.45) is 0 Å². The first-order valence-electron chi connectivity index (χ1n) is 16.6. The Morgan fingerprint density at radius 2 is 1.02 bits per heavy atom. The number of rotatable bonds is 5. The van der Waals surface area contributed by atoms with Crippen LogP contribution in [-0.4, -0.2) is 0 Å². The Morgan fingerprint density at radius 3 is 1.76 bits per heavy atom. The third kappa shape index (κ3) is 4.47. The van der Waals surface area contributed by atoms with Gasteiger partial charge < -0.3 is 9.32 Å². The molecule has 0 atom stereocenters. The molecule has 0 saturated carbocycles. The summed E-state index contributed by atoms with van der Waals surface area (Å²) < 4.78 is 8.98. The second-order valence-corrected chi connectivity index (χ2v) is 13.5. The number of thiophene rings is 1. The van der Waals surface area contributed by atoms with Gasteiger partial charge in [0.15, 0.2) is 0 Å². The number of hydrogen-bond donors (Lipinski definition) is 0. The van der Waals surface area contributed by atoms with E-state index in [9.17, 15) is 0 Å². The minimum atomic E-state index is 0.918. The molecule has 10 rings (SSSR count). The van der Waals surface area contributed by atoms with E-state index in [4.69, 9.17) is 4.42 Å². The summed E-state index contributed by atoms with van der Waals surface area (Å²) >= 11 is 1.88. The van der Waals surface area contributed by atoms with Crippen molar-refractivity contribution in [2.75, 3.05) is 4.90 Å². The van der Waals surface area contributed by atoms with Crippen LogP contribution in [0.4, 0.5) is 17.1 Å². The molecule has 0 radical (unpaired) electrons. The maximum atomic E-state index is 6.38. The first kappa shape index (κ1) is 27.9. The van der Waals surface area contributed by atoms with E-state index < -0.39 is 0 Å². The molecular formula is C46H29NOS. The predicted octanol–water partition coefficient (Wildman–Crippen LogP) is 13.9. The van der Waals surface area contributed by atoms with Gasteiger partial charge in [-0.25, -0.2) is 0 Å². The van der Waals surface area contributed by atoms with Gasteiger partial charge in [0.25, 0.3) is 0 Å². The Kier molecular flexibility index (Phi) is 6.39. The van der Waals surface area contributed by atoms with E-state index in [1.807, 2.05) is 23.5 Å². The highest BCUT2D eigenvalue weighted by atomic mass is 32.1. The molecule has 0 aliphatic carbocycles. The summed E-state index contributed by atoms with van der Waals surface area (Å²) in [4.78, 5) is 2.39. The van der Waals surface area contributed by atoms with Gasteiger partial charge in [-0.05, 0) is 70.6 Å². The molecule has 0 unspecified atom stereocenters. The largest absolute Gasteiger partial charge is 0.455 e. The lowest BCUT2D eigenvalue weighted by Gasteiger charge is -2.26. The smallest absolute Gasteiger partial charge is 0.143 e. The number of benzene rings is 8. The fourth-order valence-corrected chi connectivity index (χ4v) is 8.68. The van der Waals surface area contributed by atoms with Gasteiger partial charge in [-0.2, -0.15) is 0 Å². The standard InChI is InChI=1S/C46H29NOS/c1-3-13-32(14-4-1)47(33-15-5-2-6-16-33)41-22-12-24-43-44(41)40-29-39(35-17-7-8-19-38(35)46(40)49-43)31-27-25-30(26-28-31)34-20-11-21-37-36-18-9-10-23-42(36)48-45(34)37/h1-29H. The highest BCUT2D eigenvalue weighted by Gasteiger charge is 2.20. The average molecular weight is 644 g/mol. The highest BCUT2D eigenvalue weighted by molar-refractivity contribution is 7.26. The van der Waals surface area contributed by atoms with Crippen molar-refractivity contribution in [2.45, 2.75) is 0 Å². The third-order valence-electron chi connectivity index (χ3n) is 9.66. The number of hydrogen-bond acceptors (Lipinski definition) is 3. The normalized spacial score (nSPS) is 11.7. The van der Waals surface area contributed by atoms with Crippen LogP contribution in [0, 0.1) is 0 Å². The van der Waals surface area contributed by atoms with Crippen LogP contribution in [0.5, 0.6) is 0 Å². The number of fused-ring (bicyclic) bond motifs is 8. The Bertz CT molecular complexity index is 2770. The SMILES string of the molecule is c1ccc(N(c2ccccc2)c2cccc3sc4c5ccccc5c(-c5ccc(-c6cccc7c6oc6ccccc67)cc5)cc4c23)cc1. The van der Waals surface area contributed by atoms with Gasteiger partial charge in [0.2, 0.25) is 0 Å². The zero-order valence-corrected chi connectivity index (χ0v) is 27.3. The van der Waals surface area contributed by atoms with Crippen molar-refractivity contribution < 1.29 is 4.42 Å². The molecule has 10 aromatic rings. The molecule has 0 bridgehead atoms. The average Bonchev–Trinajstić information content (AvgIpc) is 3.75. The molecular weight excluding hydrogens is 615 g/mol. The molecule has 230 valence electrons. The summed E-state index contributed by atoms with van der Waals surface area (Å²) in [5.74, 6) is 0. The molecule has 2 nitrogen and oxygen atoms in total. The van der Waals surface area contributed by atoms with Crippen LogP contribution in [0.2, 0.25) is 0 Å². The number of anilines is 3. The third-order valence-corrected chi connectivity index (χ3v) is 10.9. The van der Waals surface area contributed by atoms with E-state index in [-0.39, 0.29) is 0 Å². The van der Waals surface area contributed by atoms with Crippen LogP contribution in [0.15, 0.2) is 180 Å². The summed E-state index contributed by atoms with van der Waals surface area (Å²) in [6.07, 6.45) is 0. The quantitative estimate of drug-likeness (QED) is 0.186. The van der Waals surface area contributed by atoms with E-state index in [1.54, 1.807) is 0 Å². The van der Waals surface area contributed by atoms with Gasteiger partial charge in [-0.3, -0.25) is 0 Å². The van der Waals surface area contributed by atoms with Crippen LogP contribution in [0.25, 0.3) is 75.1 Å². The fourth-order valence-electron chi connectivity index (χ4n) is 7.44. The Balaban J connectivity index is 1.18. The zero-order chi connectivity index (χ0) is 32.3. The molecule has 0 aliphatic heterocycles. The van der Waals surface area contributed by atoms with Crippen LogP contribution in [-0.2, 0) is 0 Å². The zero-order valence-electron chi connectivity index (χ0n) is 26.5. The van der Waals surface area contributed by atoms with E-state index in [1.165, 1.54) is 47.8 Å². The van der Waals surface area contributed by atoms with Gasteiger partial charge in [-0.1, -0.05) is 127 Å². The molecule has 2 heterocycles. The maximum absolute atomic E-state index is 6.38. The number of para-hydroxylation sites is 4. The van der Waals surface area contributed by atoms with E-state index in [0.29, 0.717) is 0 Å². The van der Waals surface area contributed by atoms with Gasteiger partial charge in [0, 0.05) is 53.3 Å². The molecule has 0 N–H and O–H groups in total. The molecule has 0 saturated heterocycles. The second-order valence-electron chi connectivity index (χ2n) is 12.5. The van der Waals surface area contributed by atoms with E-state index in [2.05, 4.69) is 169 Å². The van der Waals surface area contributed by atoms with Crippen LogP contribution in [0.3, 0.4) is 0 Å². The summed E-state index contributed by atoms with van der Waals surface area (Å²) in [6, 6.07) is 63.1. The van der Waals surface area contributed by atoms with Crippen molar-refractivity contribution in [3.8, 4) is 22.3 Å². The lowest BCUT2D eigenvalue weighted by Crippen LogP contribution is -2.09. The minimum Gasteiger partial charge on any atom is -0.455 e. The Morgan fingerprint density at radius 1 is 0.429 bits per heavy atom. The summed E-state index contributed by atoms with van der Waals surface area (Å²) in [5, 5.41) is 7.39. The van der Waals surface area contributed by atoms with Crippen molar-refractivity contribution in [1.29, 1.82) is 0 Å². The van der Waals surface area contributed by atoms with Crippen LogP contribution >= 0.6 is 11.3 Å². The minimum absolute atomic E-state index is 0.918. The molecule has 0 spiro atoms. The van der Waals surface area contributed by atoms with E-state index in [0.717, 1.165) is 44.4 Å². The molecule has 3 heteroatoms. The first-order chi connectivity index (χ1) is 24.3. The molecule has 0 amide bonds. The van der Waals surface area contributed by atoms with Crippen molar-refractivity contribution in [3.05, 3.63) is 176 Å². The molecule has 0 fully saturated rings. The Hall–Kier alpha value is -6.16. The topological polar surface area (TPSA) is 16.4 Å². The summed E-state index contributed by atoms with van der Waals surface area (Å²) in [7, 11) is 0. The molecule has 2 aromatic heterocycles. The van der Waals surface area contributed by atoms with Gasteiger partial charge >= 0.3 is 0 Å². The van der Waals surface area contributed by atoms with Crippen LogP contribution < -0.4 is 4.90 Å². The molecule has 49 heavy (non-hydrogen) atoms.